The van der Waals surface area contributed by atoms with Crippen LogP contribution < -0.4 is 11.1 Å². The first-order valence-corrected chi connectivity index (χ1v) is 7.48. The number of carbonyl (C=O) groups is 1. The molecule has 5 heteroatoms. The van der Waals surface area contributed by atoms with Crippen molar-refractivity contribution < 1.29 is 14.6 Å². The number of carbonyl (C=O) groups excluding carboxylic acids is 1. The van der Waals surface area contributed by atoms with E-state index in [4.69, 9.17) is 10.5 Å². The van der Waals surface area contributed by atoms with Gasteiger partial charge in [-0.25, -0.2) is 0 Å². The molecule has 1 saturated heterocycles. The fourth-order valence-corrected chi connectivity index (χ4v) is 3.02. The number of anilines is 1. The number of hydrogen-bond donors (Lipinski definition) is 3. The molecule has 0 unspecified atom stereocenters. The highest BCUT2D eigenvalue weighted by atomic mass is 16.5. The molecule has 114 valence electrons. The van der Waals surface area contributed by atoms with Crippen LogP contribution in [0.1, 0.15) is 31.2 Å². The van der Waals surface area contributed by atoms with Crippen LogP contribution in [0.3, 0.4) is 0 Å². The molecule has 2 aliphatic rings. The summed E-state index contributed by atoms with van der Waals surface area (Å²) in [7, 11) is 0. The second-order valence-corrected chi connectivity index (χ2v) is 6.21. The van der Waals surface area contributed by atoms with Crippen molar-refractivity contribution in [2.75, 3.05) is 25.6 Å². The quantitative estimate of drug-likeness (QED) is 0.721. The Labute approximate surface area is 124 Å². The Morgan fingerprint density at radius 1 is 1.19 bits per heavy atom. The van der Waals surface area contributed by atoms with Crippen molar-refractivity contribution in [3.05, 3.63) is 29.8 Å². The molecule has 1 saturated carbocycles. The highest BCUT2D eigenvalue weighted by Crippen LogP contribution is 2.49. The molecule has 21 heavy (non-hydrogen) atoms. The van der Waals surface area contributed by atoms with Crippen LogP contribution in [0.5, 0.6) is 0 Å². The molecule has 0 bridgehead atoms. The van der Waals surface area contributed by atoms with Gasteiger partial charge in [0.15, 0.2) is 0 Å². The number of aliphatic hydroxyl groups excluding tert-OH is 1. The SMILES string of the molecule is Nc1ccc(C2(C(=O)NC3(CO)CCOCC3)CC2)cc1. The summed E-state index contributed by atoms with van der Waals surface area (Å²) < 4.78 is 5.33. The van der Waals surface area contributed by atoms with Crippen molar-refractivity contribution in [2.24, 2.45) is 0 Å². The maximum Gasteiger partial charge on any atom is 0.231 e. The number of nitrogens with two attached hydrogens (primary N) is 1. The van der Waals surface area contributed by atoms with E-state index in [1.165, 1.54) is 0 Å². The third kappa shape index (κ3) is 2.63. The van der Waals surface area contributed by atoms with E-state index in [0.717, 1.165) is 18.4 Å². The van der Waals surface area contributed by atoms with E-state index in [2.05, 4.69) is 5.32 Å². The van der Waals surface area contributed by atoms with Gasteiger partial charge in [-0.2, -0.15) is 0 Å². The topological polar surface area (TPSA) is 84.6 Å². The van der Waals surface area contributed by atoms with E-state index in [1.807, 2.05) is 24.3 Å². The smallest absolute Gasteiger partial charge is 0.231 e. The summed E-state index contributed by atoms with van der Waals surface area (Å²) in [6.45, 7) is 1.12. The number of nitrogens with one attached hydrogen (secondary N) is 1. The van der Waals surface area contributed by atoms with Crippen LogP contribution in [0.25, 0.3) is 0 Å². The fraction of sp³-hybridized carbons (Fsp3) is 0.562. The first kappa shape index (κ1) is 14.4. The monoisotopic (exact) mass is 290 g/mol. The largest absolute Gasteiger partial charge is 0.399 e. The van der Waals surface area contributed by atoms with Gasteiger partial charge in [-0.3, -0.25) is 4.79 Å². The number of rotatable bonds is 4. The Morgan fingerprint density at radius 2 is 1.81 bits per heavy atom. The molecule has 4 N–H and O–H groups in total. The zero-order valence-electron chi connectivity index (χ0n) is 12.1. The summed E-state index contributed by atoms with van der Waals surface area (Å²) in [5.41, 5.74) is 6.45. The molecule has 0 atom stereocenters. The molecule has 1 aliphatic heterocycles. The molecule has 1 aromatic carbocycles. The predicted molar refractivity (Wildman–Crippen MR) is 79.8 cm³/mol. The lowest BCUT2D eigenvalue weighted by Gasteiger charge is -2.37. The number of hydrogen-bond acceptors (Lipinski definition) is 4. The Morgan fingerprint density at radius 3 is 2.33 bits per heavy atom. The molecular formula is C16H22N2O3. The predicted octanol–water partition coefficient (Wildman–Crippen LogP) is 0.958. The fourth-order valence-electron chi connectivity index (χ4n) is 3.02. The van der Waals surface area contributed by atoms with Crippen LogP contribution in [0.4, 0.5) is 5.69 Å². The minimum absolute atomic E-state index is 0.0169. The highest BCUT2D eigenvalue weighted by molar-refractivity contribution is 5.92. The zero-order chi connectivity index (χ0) is 14.9. The average Bonchev–Trinajstić information content (AvgIpc) is 3.31. The minimum atomic E-state index is -0.529. The summed E-state index contributed by atoms with van der Waals surface area (Å²) in [4.78, 5) is 12.8. The Bertz CT molecular complexity index is 517. The van der Waals surface area contributed by atoms with Crippen LogP contribution in [0, 0.1) is 0 Å². The Kier molecular flexibility index (Phi) is 3.63. The van der Waals surface area contributed by atoms with Gasteiger partial charge < -0.3 is 20.9 Å². The molecule has 1 amide bonds. The van der Waals surface area contributed by atoms with Gasteiger partial charge in [0, 0.05) is 18.9 Å². The van der Waals surface area contributed by atoms with E-state index in [1.54, 1.807) is 0 Å². The van der Waals surface area contributed by atoms with E-state index >= 15 is 0 Å². The van der Waals surface area contributed by atoms with Gasteiger partial charge >= 0.3 is 0 Å². The van der Waals surface area contributed by atoms with Crippen LogP contribution in [-0.2, 0) is 14.9 Å². The summed E-state index contributed by atoms with van der Waals surface area (Å²) >= 11 is 0. The lowest BCUT2D eigenvalue weighted by Crippen LogP contribution is -2.57. The van der Waals surface area contributed by atoms with Gasteiger partial charge in [-0.05, 0) is 43.4 Å². The molecule has 0 radical (unpaired) electrons. The number of nitrogen functional groups attached to an aromatic ring is 1. The first-order valence-electron chi connectivity index (χ1n) is 7.48. The lowest BCUT2D eigenvalue weighted by atomic mass is 9.88. The Balaban J connectivity index is 1.76. The van der Waals surface area contributed by atoms with Gasteiger partial charge in [-0.15, -0.1) is 0 Å². The third-order valence-electron chi connectivity index (χ3n) is 4.78. The van der Waals surface area contributed by atoms with E-state index in [9.17, 15) is 9.90 Å². The molecule has 5 nitrogen and oxygen atoms in total. The van der Waals surface area contributed by atoms with Crippen molar-refractivity contribution in [2.45, 2.75) is 36.6 Å². The molecule has 1 heterocycles. The summed E-state index contributed by atoms with van der Waals surface area (Å²) in [5, 5.41) is 12.8. The molecule has 1 aromatic rings. The maximum absolute atomic E-state index is 12.8. The van der Waals surface area contributed by atoms with Crippen molar-refractivity contribution in [1.29, 1.82) is 0 Å². The van der Waals surface area contributed by atoms with Gasteiger partial charge in [-0.1, -0.05) is 12.1 Å². The Hall–Kier alpha value is -1.59. The van der Waals surface area contributed by atoms with Gasteiger partial charge in [0.05, 0.1) is 17.6 Å². The highest BCUT2D eigenvalue weighted by Gasteiger charge is 2.53. The molecule has 0 aromatic heterocycles. The molecular weight excluding hydrogens is 268 g/mol. The normalized spacial score (nSPS) is 22.5. The second kappa shape index (κ2) is 5.31. The molecule has 1 aliphatic carbocycles. The molecule has 0 spiro atoms. The number of benzene rings is 1. The number of ether oxygens (including phenoxy) is 1. The summed E-state index contributed by atoms with van der Waals surface area (Å²) in [6.07, 6.45) is 3.02. The van der Waals surface area contributed by atoms with Crippen molar-refractivity contribution >= 4 is 11.6 Å². The number of amides is 1. The van der Waals surface area contributed by atoms with E-state index in [-0.39, 0.29) is 12.5 Å². The van der Waals surface area contributed by atoms with E-state index < -0.39 is 11.0 Å². The standard InChI is InChI=1S/C16H22N2O3/c17-13-3-1-12(2-4-13)16(5-6-16)14(20)18-15(11-19)7-9-21-10-8-15/h1-4,19H,5-11,17H2,(H,18,20). The lowest BCUT2D eigenvalue weighted by molar-refractivity contribution is -0.127. The maximum atomic E-state index is 12.8. The van der Waals surface area contributed by atoms with Crippen molar-refractivity contribution in [3.8, 4) is 0 Å². The third-order valence-corrected chi connectivity index (χ3v) is 4.78. The number of aliphatic hydroxyl groups is 1. The van der Waals surface area contributed by atoms with Crippen LogP contribution in [0.2, 0.25) is 0 Å². The average molecular weight is 290 g/mol. The first-order chi connectivity index (χ1) is 10.1. The van der Waals surface area contributed by atoms with Crippen LogP contribution in [0.15, 0.2) is 24.3 Å². The zero-order valence-corrected chi connectivity index (χ0v) is 12.1. The van der Waals surface area contributed by atoms with Crippen molar-refractivity contribution in [3.63, 3.8) is 0 Å². The molecule has 3 rings (SSSR count). The van der Waals surface area contributed by atoms with Crippen LogP contribution in [-0.4, -0.2) is 36.4 Å². The summed E-state index contributed by atoms with van der Waals surface area (Å²) in [5.74, 6) is 0.0169. The van der Waals surface area contributed by atoms with Gasteiger partial charge in [0.25, 0.3) is 0 Å². The van der Waals surface area contributed by atoms with E-state index in [0.29, 0.717) is 31.7 Å². The summed E-state index contributed by atoms with van der Waals surface area (Å²) in [6, 6.07) is 7.52. The van der Waals surface area contributed by atoms with Crippen molar-refractivity contribution in [1.82, 2.24) is 5.32 Å². The minimum Gasteiger partial charge on any atom is -0.399 e. The van der Waals surface area contributed by atoms with Crippen LogP contribution >= 0.6 is 0 Å². The molecule has 2 fully saturated rings. The van der Waals surface area contributed by atoms with Gasteiger partial charge in [0.2, 0.25) is 5.91 Å². The second-order valence-electron chi connectivity index (χ2n) is 6.21. The van der Waals surface area contributed by atoms with Gasteiger partial charge in [0.1, 0.15) is 0 Å².